The minimum Gasteiger partial charge on any atom is -0.485 e. The molecule has 0 saturated heterocycles. The number of aromatic nitrogens is 2. The highest BCUT2D eigenvalue weighted by Crippen LogP contribution is 2.30. The average Bonchev–Trinajstić information content (AvgIpc) is 2.68. The highest BCUT2D eigenvalue weighted by molar-refractivity contribution is 9.10. The summed E-state index contributed by atoms with van der Waals surface area (Å²) in [5.74, 6) is 2.09. The molecule has 2 aromatic rings. The Labute approximate surface area is 126 Å². The summed E-state index contributed by atoms with van der Waals surface area (Å²) in [5.41, 5.74) is 1.18. The summed E-state index contributed by atoms with van der Waals surface area (Å²) in [5, 5.41) is 0.610. The smallest absolute Gasteiger partial charge is 0.147 e. The number of benzene rings is 1. The van der Waals surface area contributed by atoms with Crippen molar-refractivity contribution in [1.82, 2.24) is 9.55 Å². The van der Waals surface area contributed by atoms with Crippen LogP contribution < -0.4 is 4.74 Å². The molecular formula is C14H16BrClN2O. The zero-order chi connectivity index (χ0) is 14.0. The second-order valence-corrected chi connectivity index (χ2v) is 5.98. The number of imidazole rings is 1. The van der Waals surface area contributed by atoms with Gasteiger partial charge in [-0.1, -0.05) is 41.4 Å². The molecule has 0 unspecified atom stereocenters. The number of hydrogen-bond acceptors (Lipinski definition) is 2. The zero-order valence-electron chi connectivity index (χ0n) is 11.2. The summed E-state index contributed by atoms with van der Waals surface area (Å²) in [6, 6.07) is 6.04. The normalized spacial score (nSPS) is 11.1. The van der Waals surface area contributed by atoms with Crippen LogP contribution in [-0.4, -0.2) is 9.55 Å². The van der Waals surface area contributed by atoms with Crippen LogP contribution in [0, 0.1) is 0 Å². The maximum absolute atomic E-state index is 5.95. The Morgan fingerprint density at radius 1 is 1.42 bits per heavy atom. The fourth-order valence-electron chi connectivity index (χ4n) is 1.80. The van der Waals surface area contributed by atoms with Crippen LogP contribution in [0.2, 0.25) is 5.15 Å². The van der Waals surface area contributed by atoms with Crippen molar-refractivity contribution in [3.05, 3.63) is 45.4 Å². The maximum atomic E-state index is 5.95. The van der Waals surface area contributed by atoms with Gasteiger partial charge in [0, 0.05) is 11.5 Å². The minimum absolute atomic E-state index is 0.400. The molecule has 0 N–H and O–H groups in total. The standard InChI is InChI=1S/C14H16BrClN2O/c1-9(2)11-6-10(15)4-5-12(11)19-8-14-17-7-13(16)18(14)3/h4-7,9H,8H2,1-3H3. The van der Waals surface area contributed by atoms with Crippen molar-refractivity contribution >= 4 is 27.5 Å². The Balaban J connectivity index is 2.17. The summed E-state index contributed by atoms with van der Waals surface area (Å²) in [4.78, 5) is 4.22. The molecule has 0 saturated carbocycles. The van der Waals surface area contributed by atoms with Crippen molar-refractivity contribution in [3.63, 3.8) is 0 Å². The molecule has 0 radical (unpaired) electrons. The van der Waals surface area contributed by atoms with E-state index in [2.05, 4.69) is 40.8 Å². The van der Waals surface area contributed by atoms with E-state index < -0.39 is 0 Å². The molecule has 19 heavy (non-hydrogen) atoms. The first-order valence-corrected chi connectivity index (χ1v) is 7.24. The minimum atomic E-state index is 0.400. The van der Waals surface area contributed by atoms with Crippen LogP contribution in [0.4, 0.5) is 0 Å². The lowest BCUT2D eigenvalue weighted by atomic mass is 10.0. The van der Waals surface area contributed by atoms with Crippen LogP contribution in [0.25, 0.3) is 0 Å². The largest absolute Gasteiger partial charge is 0.485 e. The lowest BCUT2D eigenvalue weighted by Gasteiger charge is -2.14. The van der Waals surface area contributed by atoms with Gasteiger partial charge in [0.15, 0.2) is 0 Å². The molecule has 0 bridgehead atoms. The van der Waals surface area contributed by atoms with Crippen LogP contribution >= 0.6 is 27.5 Å². The van der Waals surface area contributed by atoms with Gasteiger partial charge in [-0.25, -0.2) is 4.98 Å². The molecule has 0 amide bonds. The molecule has 1 aromatic carbocycles. The third-order valence-corrected chi connectivity index (χ3v) is 3.82. The van der Waals surface area contributed by atoms with Crippen molar-refractivity contribution < 1.29 is 4.74 Å². The van der Waals surface area contributed by atoms with Crippen molar-refractivity contribution in [3.8, 4) is 5.75 Å². The number of halogens is 2. The van der Waals surface area contributed by atoms with E-state index in [9.17, 15) is 0 Å². The van der Waals surface area contributed by atoms with E-state index in [0.717, 1.165) is 16.0 Å². The SMILES string of the molecule is CC(C)c1cc(Br)ccc1OCc1ncc(Cl)n1C. The zero-order valence-corrected chi connectivity index (χ0v) is 13.5. The lowest BCUT2D eigenvalue weighted by Crippen LogP contribution is -2.05. The van der Waals surface area contributed by atoms with E-state index in [-0.39, 0.29) is 0 Å². The summed E-state index contributed by atoms with van der Waals surface area (Å²) in [6.07, 6.45) is 1.63. The summed E-state index contributed by atoms with van der Waals surface area (Å²) >= 11 is 9.44. The van der Waals surface area contributed by atoms with Gasteiger partial charge < -0.3 is 9.30 Å². The van der Waals surface area contributed by atoms with E-state index in [1.165, 1.54) is 5.56 Å². The molecule has 0 spiro atoms. The molecule has 1 heterocycles. The summed E-state index contributed by atoms with van der Waals surface area (Å²) < 4.78 is 8.74. The fourth-order valence-corrected chi connectivity index (χ4v) is 2.33. The van der Waals surface area contributed by atoms with Crippen molar-refractivity contribution in [2.75, 3.05) is 0 Å². The first-order chi connectivity index (χ1) is 8.99. The van der Waals surface area contributed by atoms with Crippen LogP contribution in [0.5, 0.6) is 5.75 Å². The van der Waals surface area contributed by atoms with E-state index in [1.54, 1.807) is 6.20 Å². The molecule has 0 fully saturated rings. The number of nitrogens with zero attached hydrogens (tertiary/aromatic N) is 2. The molecule has 3 nitrogen and oxygen atoms in total. The molecule has 5 heteroatoms. The lowest BCUT2D eigenvalue weighted by molar-refractivity contribution is 0.288. The molecule has 0 aliphatic carbocycles. The van der Waals surface area contributed by atoms with Gasteiger partial charge in [-0.3, -0.25) is 0 Å². The first kappa shape index (κ1) is 14.4. The molecule has 2 rings (SSSR count). The molecular weight excluding hydrogens is 328 g/mol. The van der Waals surface area contributed by atoms with Crippen LogP contribution in [-0.2, 0) is 13.7 Å². The second kappa shape index (κ2) is 5.97. The Kier molecular flexibility index (Phi) is 4.53. The maximum Gasteiger partial charge on any atom is 0.147 e. The Hall–Kier alpha value is -1.00. The summed E-state index contributed by atoms with van der Waals surface area (Å²) in [7, 11) is 1.87. The van der Waals surface area contributed by atoms with E-state index in [1.807, 2.05) is 23.7 Å². The van der Waals surface area contributed by atoms with Crippen molar-refractivity contribution in [1.29, 1.82) is 0 Å². The van der Waals surface area contributed by atoms with Gasteiger partial charge >= 0.3 is 0 Å². The predicted molar refractivity (Wildman–Crippen MR) is 80.8 cm³/mol. The molecule has 1 aromatic heterocycles. The van der Waals surface area contributed by atoms with Crippen LogP contribution in [0.15, 0.2) is 28.9 Å². The van der Waals surface area contributed by atoms with E-state index in [4.69, 9.17) is 16.3 Å². The Bertz CT molecular complexity index is 581. The number of hydrogen-bond donors (Lipinski definition) is 0. The first-order valence-electron chi connectivity index (χ1n) is 6.07. The third-order valence-electron chi connectivity index (χ3n) is 2.98. The highest BCUT2D eigenvalue weighted by Gasteiger charge is 2.10. The molecule has 102 valence electrons. The fraction of sp³-hybridized carbons (Fsp3) is 0.357. The van der Waals surface area contributed by atoms with Gasteiger partial charge in [0.2, 0.25) is 0 Å². The third kappa shape index (κ3) is 3.31. The van der Waals surface area contributed by atoms with Gasteiger partial charge in [-0.15, -0.1) is 0 Å². The van der Waals surface area contributed by atoms with Crippen molar-refractivity contribution in [2.24, 2.45) is 7.05 Å². The number of ether oxygens (including phenoxy) is 1. The Morgan fingerprint density at radius 2 is 2.16 bits per heavy atom. The predicted octanol–water partition coefficient (Wildman–Crippen LogP) is 4.54. The van der Waals surface area contributed by atoms with Crippen molar-refractivity contribution in [2.45, 2.75) is 26.4 Å². The van der Waals surface area contributed by atoms with Gasteiger partial charge in [0.25, 0.3) is 0 Å². The topological polar surface area (TPSA) is 27.1 Å². The number of rotatable bonds is 4. The van der Waals surface area contributed by atoms with Crippen LogP contribution in [0.3, 0.4) is 0 Å². The van der Waals surface area contributed by atoms with Gasteiger partial charge in [0.05, 0.1) is 6.20 Å². The quantitative estimate of drug-likeness (QED) is 0.815. The Morgan fingerprint density at radius 3 is 2.74 bits per heavy atom. The van der Waals surface area contributed by atoms with E-state index in [0.29, 0.717) is 17.7 Å². The van der Waals surface area contributed by atoms with Gasteiger partial charge in [-0.05, 0) is 29.7 Å². The van der Waals surface area contributed by atoms with Crippen LogP contribution in [0.1, 0.15) is 31.2 Å². The van der Waals surface area contributed by atoms with Gasteiger partial charge in [-0.2, -0.15) is 0 Å². The second-order valence-electron chi connectivity index (χ2n) is 4.68. The van der Waals surface area contributed by atoms with Gasteiger partial charge in [0.1, 0.15) is 23.3 Å². The molecule has 0 aliphatic rings. The average molecular weight is 344 g/mol. The monoisotopic (exact) mass is 342 g/mol. The summed E-state index contributed by atoms with van der Waals surface area (Å²) in [6.45, 7) is 4.70. The highest BCUT2D eigenvalue weighted by atomic mass is 79.9. The van der Waals surface area contributed by atoms with E-state index >= 15 is 0 Å². The molecule has 0 aliphatic heterocycles. The molecule has 0 atom stereocenters.